The third kappa shape index (κ3) is 2.65. The first-order chi connectivity index (χ1) is 10.3. The normalized spacial score (nSPS) is 10.4. The van der Waals surface area contributed by atoms with Gasteiger partial charge in [0.25, 0.3) is 0 Å². The Hall–Kier alpha value is -2.25. The van der Waals surface area contributed by atoms with E-state index in [9.17, 15) is 0 Å². The van der Waals surface area contributed by atoms with Crippen LogP contribution < -0.4 is 4.74 Å². The van der Waals surface area contributed by atoms with Crippen molar-refractivity contribution in [1.82, 2.24) is 0 Å². The lowest BCUT2D eigenvalue weighted by molar-refractivity contribution is 0.415. The molecule has 2 heteroatoms. The average molecular weight is 294 g/mol. The van der Waals surface area contributed by atoms with Crippen LogP contribution in [-0.4, -0.2) is 7.11 Å². The van der Waals surface area contributed by atoms with Crippen LogP contribution in [0.15, 0.2) is 66.7 Å². The number of hydrogen-bond donors (Lipinski definition) is 0. The van der Waals surface area contributed by atoms with Crippen LogP contribution in [0.3, 0.4) is 0 Å². The van der Waals surface area contributed by atoms with Crippen molar-refractivity contribution in [2.24, 2.45) is 0 Å². The minimum atomic E-state index is 0.699. The molecule has 0 aliphatic rings. The fourth-order valence-corrected chi connectivity index (χ4v) is 2.66. The van der Waals surface area contributed by atoms with Crippen LogP contribution in [0.1, 0.15) is 0 Å². The van der Waals surface area contributed by atoms with Gasteiger partial charge in [-0.15, -0.1) is 0 Å². The van der Waals surface area contributed by atoms with E-state index in [0.717, 1.165) is 22.3 Å². The van der Waals surface area contributed by atoms with E-state index in [1.807, 2.05) is 54.6 Å². The Morgan fingerprint density at radius 2 is 1.57 bits per heavy atom. The van der Waals surface area contributed by atoms with Crippen LogP contribution in [0.4, 0.5) is 0 Å². The number of benzene rings is 3. The Morgan fingerprint density at radius 3 is 2.29 bits per heavy atom. The molecule has 3 rings (SSSR count). The summed E-state index contributed by atoms with van der Waals surface area (Å²) in [6.07, 6.45) is 0. The van der Waals surface area contributed by atoms with Crippen molar-refractivity contribution in [1.29, 1.82) is 0 Å². The molecule has 0 N–H and O–H groups in total. The van der Waals surface area contributed by atoms with Gasteiger partial charge in [-0.2, -0.15) is 0 Å². The highest BCUT2D eigenvalue weighted by Gasteiger charge is 2.15. The molecule has 1 radical (unpaired) electrons. The maximum Gasteiger partial charge on any atom is 0.135 e. The summed E-state index contributed by atoms with van der Waals surface area (Å²) in [7, 11) is 1.65. The quantitative estimate of drug-likeness (QED) is 0.621. The van der Waals surface area contributed by atoms with E-state index in [0.29, 0.717) is 10.8 Å². The molecule has 0 bridgehead atoms. The van der Waals surface area contributed by atoms with E-state index in [1.54, 1.807) is 7.11 Å². The summed E-state index contributed by atoms with van der Waals surface area (Å²) >= 11 is 6.38. The van der Waals surface area contributed by atoms with E-state index < -0.39 is 0 Å². The maximum absolute atomic E-state index is 6.38. The summed E-state index contributed by atoms with van der Waals surface area (Å²) in [5.74, 6) is 0.699. The van der Waals surface area contributed by atoms with E-state index >= 15 is 0 Å². The predicted molar refractivity (Wildman–Crippen MR) is 87.7 cm³/mol. The highest BCUT2D eigenvalue weighted by Crippen LogP contribution is 2.41. The first kappa shape index (κ1) is 13.7. The molecule has 0 unspecified atom stereocenters. The molecule has 0 heterocycles. The summed E-state index contributed by atoms with van der Waals surface area (Å²) in [5.41, 5.74) is 4.13. The number of rotatable bonds is 3. The van der Waals surface area contributed by atoms with Gasteiger partial charge in [0.1, 0.15) is 5.75 Å². The zero-order chi connectivity index (χ0) is 14.7. The monoisotopic (exact) mass is 293 g/mol. The van der Waals surface area contributed by atoms with Crippen LogP contribution in [0.2, 0.25) is 5.02 Å². The van der Waals surface area contributed by atoms with Gasteiger partial charge in [-0.1, -0.05) is 66.2 Å². The highest BCUT2D eigenvalue weighted by molar-refractivity contribution is 6.33. The SMILES string of the molecule is COc1[c]ccc(-c2ccccc2)c1-c1ccccc1Cl. The first-order valence-corrected chi connectivity index (χ1v) is 7.08. The van der Waals surface area contributed by atoms with Crippen molar-refractivity contribution < 1.29 is 4.74 Å². The highest BCUT2D eigenvalue weighted by atomic mass is 35.5. The summed E-state index contributed by atoms with van der Waals surface area (Å²) in [5, 5.41) is 0.701. The molecule has 0 saturated carbocycles. The van der Waals surface area contributed by atoms with Crippen LogP contribution in [0.25, 0.3) is 22.3 Å². The fourth-order valence-electron chi connectivity index (χ4n) is 2.43. The Kier molecular flexibility index (Phi) is 3.94. The van der Waals surface area contributed by atoms with Crippen LogP contribution in [0.5, 0.6) is 5.75 Å². The van der Waals surface area contributed by atoms with Crippen molar-refractivity contribution in [3.8, 4) is 28.0 Å². The largest absolute Gasteiger partial charge is 0.495 e. The molecule has 0 saturated heterocycles. The van der Waals surface area contributed by atoms with Gasteiger partial charge in [0, 0.05) is 22.2 Å². The van der Waals surface area contributed by atoms with Gasteiger partial charge in [-0.3, -0.25) is 0 Å². The molecular formula is C19H14ClO. The summed E-state index contributed by atoms with van der Waals surface area (Å²) < 4.78 is 5.50. The van der Waals surface area contributed by atoms with Crippen LogP contribution >= 0.6 is 11.6 Å². The molecule has 0 aliphatic carbocycles. The number of ether oxygens (including phenoxy) is 1. The van der Waals surface area contributed by atoms with Gasteiger partial charge in [-0.05, 0) is 23.3 Å². The molecule has 0 aliphatic heterocycles. The lowest BCUT2D eigenvalue weighted by Gasteiger charge is -2.15. The van der Waals surface area contributed by atoms with Crippen molar-refractivity contribution in [2.45, 2.75) is 0 Å². The topological polar surface area (TPSA) is 9.23 Å². The molecule has 21 heavy (non-hydrogen) atoms. The standard InChI is InChI=1S/C19H14ClO/c1-21-18-13-7-11-15(14-8-3-2-4-9-14)19(18)16-10-5-6-12-17(16)20/h2-12H,1H3. The van der Waals surface area contributed by atoms with Gasteiger partial charge >= 0.3 is 0 Å². The number of halogens is 1. The van der Waals surface area contributed by atoms with Gasteiger partial charge in [-0.25, -0.2) is 0 Å². The summed E-state index contributed by atoms with van der Waals surface area (Å²) in [4.78, 5) is 0. The third-order valence-corrected chi connectivity index (χ3v) is 3.72. The van der Waals surface area contributed by atoms with E-state index in [-0.39, 0.29) is 0 Å². The molecule has 0 spiro atoms. The van der Waals surface area contributed by atoms with Crippen LogP contribution in [-0.2, 0) is 0 Å². The average Bonchev–Trinajstić information content (AvgIpc) is 2.55. The molecule has 3 aromatic carbocycles. The number of hydrogen-bond acceptors (Lipinski definition) is 1. The first-order valence-electron chi connectivity index (χ1n) is 6.70. The van der Waals surface area contributed by atoms with Gasteiger partial charge < -0.3 is 4.74 Å². The molecule has 3 aromatic rings. The Bertz CT molecular complexity index is 751. The second-order valence-electron chi connectivity index (χ2n) is 4.65. The predicted octanol–water partition coefficient (Wildman–Crippen LogP) is 5.48. The summed E-state index contributed by atoms with van der Waals surface area (Å²) in [6.45, 7) is 0. The van der Waals surface area contributed by atoms with Crippen molar-refractivity contribution in [3.63, 3.8) is 0 Å². The Balaban J connectivity index is 2.30. The minimum absolute atomic E-state index is 0.699. The molecule has 103 valence electrons. The second-order valence-corrected chi connectivity index (χ2v) is 5.05. The molecule has 0 fully saturated rings. The van der Waals surface area contributed by atoms with E-state index in [4.69, 9.17) is 16.3 Å². The maximum atomic E-state index is 6.38. The van der Waals surface area contributed by atoms with Gasteiger partial charge in [0.15, 0.2) is 0 Å². The second kappa shape index (κ2) is 6.02. The smallest absolute Gasteiger partial charge is 0.135 e. The van der Waals surface area contributed by atoms with E-state index in [2.05, 4.69) is 18.2 Å². The molecule has 0 atom stereocenters. The zero-order valence-corrected chi connectivity index (χ0v) is 12.4. The Labute approximate surface area is 129 Å². The van der Waals surface area contributed by atoms with E-state index in [1.165, 1.54) is 0 Å². The van der Waals surface area contributed by atoms with Crippen molar-refractivity contribution >= 4 is 11.6 Å². The fraction of sp³-hybridized carbons (Fsp3) is 0.0526. The lowest BCUT2D eigenvalue weighted by Crippen LogP contribution is -1.92. The molecule has 0 aromatic heterocycles. The lowest BCUT2D eigenvalue weighted by atomic mass is 9.93. The minimum Gasteiger partial charge on any atom is -0.495 e. The zero-order valence-electron chi connectivity index (χ0n) is 11.6. The molecular weight excluding hydrogens is 280 g/mol. The summed E-state index contributed by atoms with van der Waals surface area (Å²) in [6, 6.07) is 25.0. The van der Waals surface area contributed by atoms with Crippen LogP contribution in [0, 0.1) is 6.07 Å². The van der Waals surface area contributed by atoms with Crippen molar-refractivity contribution in [2.75, 3.05) is 7.11 Å². The number of methoxy groups -OCH3 is 1. The third-order valence-electron chi connectivity index (χ3n) is 3.39. The van der Waals surface area contributed by atoms with Gasteiger partial charge in [0.05, 0.1) is 7.11 Å². The Morgan fingerprint density at radius 1 is 0.857 bits per heavy atom. The van der Waals surface area contributed by atoms with Crippen molar-refractivity contribution in [3.05, 3.63) is 77.8 Å². The molecule has 0 amide bonds. The van der Waals surface area contributed by atoms with Gasteiger partial charge in [0.2, 0.25) is 0 Å². The molecule has 1 nitrogen and oxygen atoms in total.